The first kappa shape index (κ1) is 14.7. The van der Waals surface area contributed by atoms with Crippen LogP contribution in [-0.4, -0.2) is 18.2 Å². The Morgan fingerprint density at radius 2 is 1.71 bits per heavy atom. The van der Waals surface area contributed by atoms with E-state index in [2.05, 4.69) is 10.6 Å². The smallest absolute Gasteiger partial charge is 0.221 e. The van der Waals surface area contributed by atoms with Crippen molar-refractivity contribution in [2.45, 2.75) is 6.92 Å². The molecule has 0 spiro atoms. The van der Waals surface area contributed by atoms with Crippen LogP contribution in [0.15, 0.2) is 48.5 Å². The second-order valence-electron chi connectivity index (χ2n) is 4.52. The Bertz CT molecular complexity index is 654. The van der Waals surface area contributed by atoms with Gasteiger partial charge in [0.05, 0.1) is 12.2 Å². The van der Waals surface area contributed by atoms with Crippen molar-refractivity contribution in [2.75, 3.05) is 17.2 Å². The molecule has 2 aromatic rings. The molecule has 0 aliphatic carbocycles. The summed E-state index contributed by atoms with van der Waals surface area (Å²) in [5.74, 6) is -0.728. The van der Waals surface area contributed by atoms with Crippen molar-refractivity contribution in [1.82, 2.24) is 0 Å². The molecule has 0 bridgehead atoms. The summed E-state index contributed by atoms with van der Waals surface area (Å²) in [6.45, 7) is 1.41. The summed E-state index contributed by atoms with van der Waals surface area (Å²) in [5, 5.41) is 5.38. The zero-order valence-corrected chi connectivity index (χ0v) is 11.5. The third kappa shape index (κ3) is 4.14. The van der Waals surface area contributed by atoms with Gasteiger partial charge in [0.1, 0.15) is 5.82 Å². The zero-order valence-electron chi connectivity index (χ0n) is 11.5. The molecule has 0 radical (unpaired) electrons. The molecule has 2 N–H and O–H groups in total. The van der Waals surface area contributed by atoms with Gasteiger partial charge in [-0.1, -0.05) is 12.1 Å². The summed E-state index contributed by atoms with van der Waals surface area (Å²) in [6.07, 6.45) is 0. The van der Waals surface area contributed by atoms with Crippen molar-refractivity contribution in [3.8, 4) is 0 Å². The SMILES string of the molecule is CC(=O)Nc1ccc(C(=O)CNc2ccccc2F)cc1. The maximum Gasteiger partial charge on any atom is 0.221 e. The van der Waals surface area contributed by atoms with Gasteiger partial charge < -0.3 is 10.6 Å². The fourth-order valence-corrected chi connectivity index (χ4v) is 1.82. The summed E-state index contributed by atoms with van der Waals surface area (Å²) in [4.78, 5) is 22.9. The number of carbonyl (C=O) groups is 2. The molecule has 0 heterocycles. The number of hydrogen-bond donors (Lipinski definition) is 2. The molecule has 0 aromatic heterocycles. The van der Waals surface area contributed by atoms with Crippen LogP contribution in [0.4, 0.5) is 15.8 Å². The summed E-state index contributed by atoms with van der Waals surface area (Å²) < 4.78 is 13.4. The summed E-state index contributed by atoms with van der Waals surface area (Å²) in [6, 6.07) is 12.7. The van der Waals surface area contributed by atoms with Crippen LogP contribution >= 0.6 is 0 Å². The fourth-order valence-electron chi connectivity index (χ4n) is 1.82. The number of rotatable bonds is 5. The molecule has 0 unspecified atom stereocenters. The maximum absolute atomic E-state index is 13.4. The Balaban J connectivity index is 1.97. The number of benzene rings is 2. The monoisotopic (exact) mass is 286 g/mol. The molecule has 108 valence electrons. The minimum atomic E-state index is -0.397. The molecule has 0 saturated heterocycles. The van der Waals surface area contributed by atoms with Gasteiger partial charge in [-0.25, -0.2) is 4.39 Å². The van der Waals surface area contributed by atoms with Gasteiger partial charge >= 0.3 is 0 Å². The van der Waals surface area contributed by atoms with Crippen LogP contribution in [0.1, 0.15) is 17.3 Å². The van der Waals surface area contributed by atoms with Gasteiger partial charge in [-0.3, -0.25) is 9.59 Å². The van der Waals surface area contributed by atoms with E-state index in [-0.39, 0.29) is 18.2 Å². The van der Waals surface area contributed by atoms with Crippen LogP contribution in [0.5, 0.6) is 0 Å². The molecule has 0 atom stereocenters. The lowest BCUT2D eigenvalue weighted by Crippen LogP contribution is -2.15. The van der Waals surface area contributed by atoms with E-state index in [0.717, 1.165) is 0 Å². The van der Waals surface area contributed by atoms with E-state index in [1.807, 2.05) is 0 Å². The second kappa shape index (κ2) is 6.65. The molecule has 0 aliphatic heterocycles. The first-order chi connectivity index (χ1) is 10.1. The maximum atomic E-state index is 13.4. The highest BCUT2D eigenvalue weighted by Crippen LogP contribution is 2.13. The van der Waals surface area contributed by atoms with Crippen LogP contribution in [0, 0.1) is 5.82 Å². The van der Waals surface area contributed by atoms with E-state index in [4.69, 9.17) is 0 Å². The second-order valence-corrected chi connectivity index (χ2v) is 4.52. The number of carbonyl (C=O) groups excluding carboxylic acids is 2. The number of nitrogens with one attached hydrogen (secondary N) is 2. The number of amides is 1. The number of anilines is 2. The van der Waals surface area contributed by atoms with Crippen molar-refractivity contribution in [2.24, 2.45) is 0 Å². The minimum absolute atomic E-state index is 0.000414. The highest BCUT2D eigenvalue weighted by molar-refractivity contribution is 5.99. The van der Waals surface area contributed by atoms with Crippen molar-refractivity contribution in [3.05, 3.63) is 59.9 Å². The first-order valence-electron chi connectivity index (χ1n) is 6.45. The van der Waals surface area contributed by atoms with Crippen molar-refractivity contribution in [3.63, 3.8) is 0 Å². The topological polar surface area (TPSA) is 58.2 Å². The number of ketones is 1. The van der Waals surface area contributed by atoms with Gasteiger partial charge in [-0.05, 0) is 36.4 Å². The Morgan fingerprint density at radius 3 is 2.33 bits per heavy atom. The molecular weight excluding hydrogens is 271 g/mol. The molecule has 0 aliphatic rings. The zero-order chi connectivity index (χ0) is 15.2. The van der Waals surface area contributed by atoms with E-state index in [9.17, 15) is 14.0 Å². The molecular formula is C16H15FN2O2. The third-order valence-corrected chi connectivity index (χ3v) is 2.84. The van der Waals surface area contributed by atoms with E-state index >= 15 is 0 Å². The Labute approximate surface area is 122 Å². The van der Waals surface area contributed by atoms with Crippen molar-refractivity contribution < 1.29 is 14.0 Å². The lowest BCUT2D eigenvalue weighted by atomic mass is 10.1. The molecule has 1 amide bonds. The average Bonchev–Trinajstić information content (AvgIpc) is 2.46. The molecule has 2 rings (SSSR count). The third-order valence-electron chi connectivity index (χ3n) is 2.84. The van der Waals surface area contributed by atoms with E-state index in [1.54, 1.807) is 42.5 Å². The number of hydrogen-bond acceptors (Lipinski definition) is 3. The van der Waals surface area contributed by atoms with Crippen LogP contribution in [-0.2, 0) is 4.79 Å². The molecule has 4 nitrogen and oxygen atoms in total. The van der Waals surface area contributed by atoms with Gasteiger partial charge in [-0.2, -0.15) is 0 Å². The highest BCUT2D eigenvalue weighted by Gasteiger charge is 2.07. The van der Waals surface area contributed by atoms with E-state index in [1.165, 1.54) is 13.0 Å². The Morgan fingerprint density at radius 1 is 1.05 bits per heavy atom. The molecule has 0 saturated carbocycles. The molecule has 5 heteroatoms. The fraction of sp³-hybridized carbons (Fsp3) is 0.125. The summed E-state index contributed by atoms with van der Waals surface area (Å²) >= 11 is 0. The number of Topliss-reactive ketones (excluding diaryl/α,β-unsaturated/α-hetero) is 1. The van der Waals surface area contributed by atoms with Gasteiger partial charge in [0.15, 0.2) is 5.78 Å². The van der Waals surface area contributed by atoms with Crippen LogP contribution < -0.4 is 10.6 Å². The van der Waals surface area contributed by atoms with Gasteiger partial charge in [-0.15, -0.1) is 0 Å². The van der Waals surface area contributed by atoms with Crippen LogP contribution in [0.2, 0.25) is 0 Å². The average molecular weight is 286 g/mol. The van der Waals surface area contributed by atoms with Gasteiger partial charge in [0.25, 0.3) is 0 Å². The number of halogens is 1. The van der Waals surface area contributed by atoms with Crippen molar-refractivity contribution >= 4 is 23.1 Å². The predicted molar refractivity (Wildman–Crippen MR) is 80.0 cm³/mol. The predicted octanol–water partition coefficient (Wildman–Crippen LogP) is 3.08. The number of para-hydroxylation sites is 1. The largest absolute Gasteiger partial charge is 0.375 e. The molecule has 2 aromatic carbocycles. The van der Waals surface area contributed by atoms with Crippen molar-refractivity contribution in [1.29, 1.82) is 0 Å². The minimum Gasteiger partial charge on any atom is -0.375 e. The molecule has 21 heavy (non-hydrogen) atoms. The lowest BCUT2D eigenvalue weighted by molar-refractivity contribution is -0.114. The Hall–Kier alpha value is -2.69. The normalized spacial score (nSPS) is 10.0. The Kier molecular flexibility index (Phi) is 4.66. The van der Waals surface area contributed by atoms with Gasteiger partial charge in [0.2, 0.25) is 5.91 Å². The summed E-state index contributed by atoms with van der Waals surface area (Å²) in [5.41, 5.74) is 1.41. The lowest BCUT2D eigenvalue weighted by Gasteiger charge is -2.07. The van der Waals surface area contributed by atoms with Crippen LogP contribution in [0.3, 0.4) is 0 Å². The van der Waals surface area contributed by atoms with E-state index in [0.29, 0.717) is 16.9 Å². The highest BCUT2D eigenvalue weighted by atomic mass is 19.1. The van der Waals surface area contributed by atoms with Gasteiger partial charge in [0, 0.05) is 18.2 Å². The van der Waals surface area contributed by atoms with E-state index < -0.39 is 5.82 Å². The summed E-state index contributed by atoms with van der Waals surface area (Å²) in [7, 11) is 0. The first-order valence-corrected chi connectivity index (χ1v) is 6.45. The quantitative estimate of drug-likeness (QED) is 0.830. The molecule has 0 fully saturated rings. The standard InChI is InChI=1S/C16H15FN2O2/c1-11(20)19-13-8-6-12(7-9-13)16(21)10-18-15-5-3-2-4-14(15)17/h2-9,18H,10H2,1H3,(H,19,20). The van der Waals surface area contributed by atoms with Crippen LogP contribution in [0.25, 0.3) is 0 Å².